The van der Waals surface area contributed by atoms with Gasteiger partial charge in [-0.1, -0.05) is 23.4 Å². The van der Waals surface area contributed by atoms with Crippen molar-refractivity contribution in [2.75, 3.05) is 0 Å². The van der Waals surface area contributed by atoms with E-state index in [9.17, 15) is 5.11 Å². The molecule has 22 heavy (non-hydrogen) atoms. The molecule has 0 fully saturated rings. The third-order valence-corrected chi connectivity index (χ3v) is 3.82. The van der Waals surface area contributed by atoms with E-state index in [0.29, 0.717) is 17.5 Å². The van der Waals surface area contributed by atoms with Crippen molar-refractivity contribution < 1.29 is 14.4 Å². The van der Waals surface area contributed by atoms with Crippen LogP contribution < -0.4 is 4.74 Å². The summed E-state index contributed by atoms with van der Waals surface area (Å²) in [6.45, 7) is 0.275. The zero-order valence-electron chi connectivity index (χ0n) is 11.7. The number of thioether (sulfide) groups is 1. The van der Waals surface area contributed by atoms with Crippen LogP contribution in [0.5, 0.6) is 11.5 Å². The van der Waals surface area contributed by atoms with E-state index in [-0.39, 0.29) is 12.4 Å². The van der Waals surface area contributed by atoms with Crippen LogP contribution in [0.15, 0.2) is 64.0 Å². The molecule has 2 aromatic carbocycles. The lowest BCUT2D eigenvalue weighted by Crippen LogP contribution is -1.97. The van der Waals surface area contributed by atoms with Crippen LogP contribution in [0.25, 0.3) is 0 Å². The van der Waals surface area contributed by atoms with Gasteiger partial charge >= 0.3 is 0 Å². The van der Waals surface area contributed by atoms with Gasteiger partial charge in [-0.3, -0.25) is 0 Å². The first-order valence-electron chi connectivity index (χ1n) is 6.71. The summed E-state index contributed by atoms with van der Waals surface area (Å²) in [7, 11) is 0. The van der Waals surface area contributed by atoms with Gasteiger partial charge in [0, 0.05) is 4.90 Å². The van der Waals surface area contributed by atoms with Gasteiger partial charge in [-0.25, -0.2) is 0 Å². The maximum atomic E-state index is 9.23. The van der Waals surface area contributed by atoms with Crippen LogP contribution in [-0.2, 0) is 12.4 Å². The van der Waals surface area contributed by atoms with Crippen molar-refractivity contribution in [2.24, 2.45) is 0 Å². The molecule has 0 spiro atoms. The van der Waals surface area contributed by atoms with Gasteiger partial charge in [0.2, 0.25) is 11.7 Å². The van der Waals surface area contributed by atoms with Gasteiger partial charge in [0.15, 0.2) is 6.61 Å². The molecule has 0 unspecified atom stereocenters. The van der Waals surface area contributed by atoms with Gasteiger partial charge in [-0.2, -0.15) is 4.98 Å². The monoisotopic (exact) mass is 314 g/mol. The zero-order valence-corrected chi connectivity index (χ0v) is 12.5. The highest BCUT2D eigenvalue weighted by atomic mass is 32.2. The summed E-state index contributed by atoms with van der Waals surface area (Å²) in [5.41, 5.74) is 0. The Bertz CT molecular complexity index is 714. The van der Waals surface area contributed by atoms with Gasteiger partial charge in [0.1, 0.15) is 11.5 Å². The summed E-state index contributed by atoms with van der Waals surface area (Å²) < 4.78 is 10.7. The number of nitrogens with zero attached hydrogens (tertiary/aromatic N) is 2. The highest BCUT2D eigenvalue weighted by molar-refractivity contribution is 7.98. The number of rotatable bonds is 6. The number of phenolic OH excluding ortho intramolecular Hbond substituents is 1. The number of hydrogen-bond donors (Lipinski definition) is 1. The second-order valence-electron chi connectivity index (χ2n) is 4.49. The zero-order chi connectivity index (χ0) is 15.2. The molecule has 0 bridgehead atoms. The van der Waals surface area contributed by atoms with Gasteiger partial charge in [0.05, 0.1) is 5.75 Å². The number of aromatic hydroxyl groups is 1. The van der Waals surface area contributed by atoms with Crippen molar-refractivity contribution in [3.8, 4) is 11.5 Å². The third kappa shape index (κ3) is 4.02. The maximum absolute atomic E-state index is 9.23. The Morgan fingerprint density at radius 2 is 1.82 bits per heavy atom. The Labute approximate surface area is 131 Å². The molecule has 1 aromatic heterocycles. The molecular formula is C16H14N2O3S. The van der Waals surface area contributed by atoms with Crippen LogP contribution >= 0.6 is 11.8 Å². The molecule has 0 aliphatic carbocycles. The summed E-state index contributed by atoms with van der Waals surface area (Å²) in [6, 6.07) is 16.5. The van der Waals surface area contributed by atoms with Crippen LogP contribution in [0.3, 0.4) is 0 Å². The summed E-state index contributed by atoms with van der Waals surface area (Å²) in [5, 5.41) is 13.1. The molecule has 0 saturated carbocycles. The minimum Gasteiger partial charge on any atom is -0.508 e. The quantitative estimate of drug-likeness (QED) is 0.701. The number of hydrogen-bond acceptors (Lipinski definition) is 6. The first-order chi connectivity index (χ1) is 10.8. The Morgan fingerprint density at radius 1 is 1.05 bits per heavy atom. The van der Waals surface area contributed by atoms with Crippen molar-refractivity contribution in [3.63, 3.8) is 0 Å². The first-order valence-corrected chi connectivity index (χ1v) is 7.69. The van der Waals surface area contributed by atoms with E-state index >= 15 is 0 Å². The van der Waals surface area contributed by atoms with Crippen LogP contribution in [-0.4, -0.2) is 15.2 Å². The minimum atomic E-state index is 0.252. The Hall–Kier alpha value is -2.47. The van der Waals surface area contributed by atoms with Gasteiger partial charge in [-0.05, 0) is 36.4 Å². The predicted molar refractivity (Wildman–Crippen MR) is 82.7 cm³/mol. The van der Waals surface area contributed by atoms with Crippen molar-refractivity contribution in [2.45, 2.75) is 17.3 Å². The van der Waals surface area contributed by atoms with E-state index in [1.807, 2.05) is 42.5 Å². The average molecular weight is 314 g/mol. The topological polar surface area (TPSA) is 68.4 Å². The molecule has 0 amide bonds. The lowest BCUT2D eigenvalue weighted by molar-refractivity contribution is 0.285. The smallest absolute Gasteiger partial charge is 0.237 e. The fourth-order valence-corrected chi connectivity index (χ4v) is 2.50. The molecule has 5 nitrogen and oxygen atoms in total. The second kappa shape index (κ2) is 7.00. The van der Waals surface area contributed by atoms with Crippen LogP contribution in [0, 0.1) is 0 Å². The van der Waals surface area contributed by atoms with Crippen LogP contribution in [0.2, 0.25) is 0 Å². The second-order valence-corrected chi connectivity index (χ2v) is 5.54. The predicted octanol–water partition coefficient (Wildman–Crippen LogP) is 3.65. The molecule has 112 valence electrons. The number of para-hydroxylation sites is 1. The van der Waals surface area contributed by atoms with E-state index in [2.05, 4.69) is 10.1 Å². The van der Waals surface area contributed by atoms with E-state index in [4.69, 9.17) is 9.26 Å². The van der Waals surface area contributed by atoms with Crippen molar-refractivity contribution in [3.05, 3.63) is 66.3 Å². The van der Waals surface area contributed by atoms with Crippen molar-refractivity contribution >= 4 is 11.8 Å². The third-order valence-electron chi connectivity index (χ3n) is 2.82. The summed E-state index contributed by atoms with van der Waals surface area (Å²) in [6.07, 6.45) is 0. The summed E-state index contributed by atoms with van der Waals surface area (Å²) in [5.74, 6) is 2.66. The molecule has 1 N–H and O–H groups in total. The molecule has 0 aliphatic rings. The van der Waals surface area contributed by atoms with Crippen LogP contribution in [0.4, 0.5) is 0 Å². The van der Waals surface area contributed by atoms with Crippen molar-refractivity contribution in [1.29, 1.82) is 0 Å². The Kier molecular flexibility index (Phi) is 4.60. The average Bonchev–Trinajstić information content (AvgIpc) is 3.01. The highest BCUT2D eigenvalue weighted by Gasteiger charge is 2.07. The van der Waals surface area contributed by atoms with Gasteiger partial charge in [0.25, 0.3) is 0 Å². The molecule has 0 aliphatic heterocycles. The fraction of sp³-hybridized carbons (Fsp3) is 0.125. The fourth-order valence-electron chi connectivity index (χ4n) is 1.76. The Balaban J connectivity index is 1.51. The standard InChI is InChI=1S/C16H14N2O3S/c19-12-6-8-14(9-7-12)22-11-16-17-15(18-21-16)10-20-13-4-2-1-3-5-13/h1-9,19H,10-11H2. The molecule has 3 rings (SSSR count). The molecule has 6 heteroatoms. The van der Waals surface area contributed by atoms with Gasteiger partial charge < -0.3 is 14.4 Å². The van der Waals surface area contributed by atoms with E-state index in [1.54, 1.807) is 23.9 Å². The van der Waals surface area contributed by atoms with E-state index in [0.717, 1.165) is 10.6 Å². The molecule has 0 radical (unpaired) electrons. The summed E-state index contributed by atoms with van der Waals surface area (Å²) >= 11 is 1.56. The SMILES string of the molecule is Oc1ccc(SCc2nc(COc3ccccc3)no2)cc1. The molecule has 0 atom stereocenters. The number of aromatic nitrogens is 2. The van der Waals surface area contributed by atoms with Crippen molar-refractivity contribution in [1.82, 2.24) is 10.1 Å². The number of phenols is 1. The van der Waals surface area contributed by atoms with E-state index < -0.39 is 0 Å². The van der Waals surface area contributed by atoms with Crippen LogP contribution in [0.1, 0.15) is 11.7 Å². The number of benzene rings is 2. The Morgan fingerprint density at radius 3 is 2.59 bits per heavy atom. The molecule has 3 aromatic rings. The maximum Gasteiger partial charge on any atom is 0.237 e. The first kappa shape index (κ1) is 14.5. The lowest BCUT2D eigenvalue weighted by Gasteiger charge is -2.01. The number of ether oxygens (including phenoxy) is 1. The highest BCUT2D eigenvalue weighted by Crippen LogP contribution is 2.23. The lowest BCUT2D eigenvalue weighted by atomic mass is 10.3. The normalized spacial score (nSPS) is 10.5. The van der Waals surface area contributed by atoms with E-state index in [1.165, 1.54) is 0 Å². The molecule has 1 heterocycles. The molecule has 0 saturated heterocycles. The minimum absolute atomic E-state index is 0.252. The summed E-state index contributed by atoms with van der Waals surface area (Å²) in [4.78, 5) is 5.31. The largest absolute Gasteiger partial charge is 0.508 e. The molecular weight excluding hydrogens is 300 g/mol. The van der Waals surface area contributed by atoms with Gasteiger partial charge in [-0.15, -0.1) is 11.8 Å².